The van der Waals surface area contributed by atoms with Gasteiger partial charge in [-0.1, -0.05) is 0 Å². The molecule has 26 heteroatoms. The molecular weight excluding hydrogens is 1470 g/mol. The number of nitrogens with zero attached hydrogens (tertiary/aromatic N) is 2. The first kappa shape index (κ1) is 54.6. The lowest BCUT2D eigenvalue weighted by Gasteiger charge is -2.31. The maximum Gasteiger partial charge on any atom is 0.256 e. The number of nitrogens with one attached hydrogen (secondary N) is 3. The molecule has 0 fully saturated rings. The van der Waals surface area contributed by atoms with Gasteiger partial charge in [-0.25, -0.2) is 0 Å². The zero-order chi connectivity index (χ0) is 45.0. The van der Waals surface area contributed by atoms with E-state index in [9.17, 15) is 69.6 Å². The fourth-order valence-corrected chi connectivity index (χ4v) is 14.4. The van der Waals surface area contributed by atoms with Gasteiger partial charge in [0, 0.05) is 49.4 Å². The zero-order valence-corrected chi connectivity index (χ0v) is 43.6. The average molecular weight is 1510 g/mol. The van der Waals surface area contributed by atoms with Crippen LogP contribution < -0.4 is 26.6 Å². The fourth-order valence-electron chi connectivity index (χ4n) is 5.09. The van der Waals surface area contributed by atoms with Crippen LogP contribution in [0.4, 0.5) is 11.4 Å². The van der Waals surface area contributed by atoms with Crippen LogP contribution in [0.1, 0.15) is 48.4 Å². The van der Waals surface area contributed by atoms with Crippen molar-refractivity contribution in [3.05, 3.63) is 43.7 Å². The summed E-state index contributed by atoms with van der Waals surface area (Å²) in [5.74, 6) is -4.97. The Labute approximate surface area is 419 Å². The van der Waals surface area contributed by atoms with E-state index < -0.39 is 112 Å². The van der Waals surface area contributed by atoms with Crippen molar-refractivity contribution in [2.45, 2.75) is 31.3 Å². The number of hydrogen-bond donors (Lipinski definition) is 12. The summed E-state index contributed by atoms with van der Waals surface area (Å²) >= 11 is 10.5. The van der Waals surface area contributed by atoms with Crippen LogP contribution >= 0.6 is 136 Å². The molecule has 0 saturated carbocycles. The predicted molar refractivity (Wildman–Crippen MR) is 262 cm³/mol. The van der Waals surface area contributed by atoms with Crippen LogP contribution in [0.2, 0.25) is 0 Å². The van der Waals surface area contributed by atoms with Crippen molar-refractivity contribution in [2.24, 2.45) is 5.73 Å². The normalized spacial score (nSPS) is 13.3. The van der Waals surface area contributed by atoms with Crippen molar-refractivity contribution >= 4 is 182 Å². The third-order valence-electron chi connectivity index (χ3n) is 7.90. The minimum atomic E-state index is -1.50. The second-order valence-electron chi connectivity index (χ2n) is 12.5. The highest BCUT2D eigenvalue weighted by molar-refractivity contribution is 14.1. The molecule has 2 rings (SSSR count). The Morgan fingerprint density at radius 2 is 1.12 bits per heavy atom. The van der Waals surface area contributed by atoms with E-state index in [0.29, 0.717) is 0 Å². The van der Waals surface area contributed by atoms with Crippen LogP contribution in [-0.2, 0) is 9.59 Å². The molecule has 4 atom stereocenters. The van der Waals surface area contributed by atoms with E-state index in [1.165, 1.54) is 6.92 Å². The van der Waals surface area contributed by atoms with Gasteiger partial charge in [0.05, 0.1) is 103 Å². The first-order valence-electron chi connectivity index (χ1n) is 16.8. The largest absolute Gasteiger partial charge is 0.394 e. The van der Waals surface area contributed by atoms with Crippen molar-refractivity contribution < 1.29 is 69.6 Å². The minimum Gasteiger partial charge on any atom is -0.394 e. The third kappa shape index (κ3) is 14.5. The van der Waals surface area contributed by atoms with Gasteiger partial charge in [-0.05, 0) is 136 Å². The molecule has 20 nitrogen and oxygen atoms in total. The average Bonchev–Trinajstić information content (AvgIpc) is 3.16. The molecule has 2 aromatic carbocycles. The second-order valence-corrected chi connectivity index (χ2v) is 18.9. The number of carbonyl (C=O) groups excluding carboxylic acids is 6. The lowest BCUT2D eigenvalue weighted by atomic mass is 10.0. The molecule has 4 unspecified atom stereocenters. The van der Waals surface area contributed by atoms with Crippen molar-refractivity contribution in [1.29, 1.82) is 0 Å². The molecule has 0 spiro atoms. The van der Waals surface area contributed by atoms with Gasteiger partial charge in [-0.3, -0.25) is 28.8 Å². The van der Waals surface area contributed by atoms with E-state index in [-0.39, 0.29) is 68.1 Å². The molecule has 0 radical (unpaired) electrons. The van der Waals surface area contributed by atoms with E-state index in [2.05, 4.69) is 16.0 Å². The molecule has 0 bridgehead atoms. The second kappa shape index (κ2) is 25.7. The Morgan fingerprint density at radius 1 is 0.644 bits per heavy atom. The summed E-state index contributed by atoms with van der Waals surface area (Å²) in [5, 5.41) is 85.8. The topological polar surface area (TPSA) is 333 Å². The first-order chi connectivity index (χ1) is 27.6. The van der Waals surface area contributed by atoms with Crippen LogP contribution in [0.3, 0.4) is 0 Å². The van der Waals surface area contributed by atoms with Gasteiger partial charge in [0.2, 0.25) is 11.8 Å². The number of aliphatic hydroxyl groups is 8. The number of Topliss-reactive ketones (excluding diaryl/α,β-unsaturated/α-hetero) is 1. The molecule has 13 N–H and O–H groups in total. The van der Waals surface area contributed by atoms with Crippen LogP contribution in [0, 0.1) is 21.4 Å². The molecule has 0 saturated heterocycles. The van der Waals surface area contributed by atoms with Crippen molar-refractivity contribution in [2.75, 3.05) is 75.9 Å². The van der Waals surface area contributed by atoms with E-state index in [4.69, 9.17) is 5.73 Å². The number of hydrogen-bond acceptors (Lipinski definition) is 15. The maximum absolute atomic E-state index is 14.7. The number of ketones is 1. The number of nitrogens with two attached hydrogens (primary N) is 1. The number of primary amides is 1. The third-order valence-corrected chi connectivity index (χ3v) is 14.3. The molecule has 2 aromatic rings. The Balaban J connectivity index is 3.04. The van der Waals surface area contributed by atoms with Gasteiger partial charge in [0.15, 0.2) is 5.78 Å². The van der Waals surface area contributed by atoms with E-state index >= 15 is 0 Å². The fraction of sp³-hybridized carbons (Fsp3) is 0.455. The van der Waals surface area contributed by atoms with E-state index in [1.54, 1.807) is 113 Å². The Kier molecular flexibility index (Phi) is 23.8. The Hall–Kier alpha value is -0.520. The number of benzene rings is 2. The highest BCUT2D eigenvalue weighted by Crippen LogP contribution is 2.40. The van der Waals surface area contributed by atoms with Crippen molar-refractivity contribution in [3.8, 4) is 0 Å². The monoisotopic (exact) mass is 1510 g/mol. The predicted octanol–water partition coefficient (Wildman–Crippen LogP) is -1.24. The molecule has 0 heterocycles. The zero-order valence-electron chi connectivity index (χ0n) is 30.6. The SMILES string of the molecule is CC(=O)Nc1c(I)c(C(=O)CN(C(=O)CNCC(O)CO)c2c(I)c(C(N)=O)c(I)c(C(=O)N(CC(O)CO)CC(O)CO)c2I)c(I)c(C(=O)NCC(O)CO)c1I. The lowest BCUT2D eigenvalue weighted by molar-refractivity contribution is -0.118. The summed E-state index contributed by atoms with van der Waals surface area (Å²) in [6.45, 7) is -4.81. The number of anilines is 2. The molecule has 0 aliphatic carbocycles. The molecule has 0 aliphatic heterocycles. The van der Waals surface area contributed by atoms with Gasteiger partial charge < -0.3 is 72.3 Å². The Bertz CT molecular complexity index is 1920. The standard InChI is InChI=1S/C33H40I6N6O14/c1-12(50)43-29-25(36)19(23(34)21(26(29)37)32(58)42-3-14(52)9-47)17(55)7-45(18(56)4-41-2-13(51)8-46)30-27(38)20(31(40)57)24(35)22(28(30)39)33(59)44(5-15(53)10-48)6-16(54)11-49/h13-16,41,46-49,51-54H,2-11H2,1H3,(H2,40,57)(H,42,58)(H,43,50). The van der Waals surface area contributed by atoms with Crippen LogP contribution in [0.25, 0.3) is 0 Å². The van der Waals surface area contributed by atoms with Crippen LogP contribution in [0.5, 0.6) is 0 Å². The van der Waals surface area contributed by atoms with Crippen molar-refractivity contribution in [3.63, 3.8) is 0 Å². The number of aliphatic hydroxyl groups excluding tert-OH is 8. The van der Waals surface area contributed by atoms with Gasteiger partial charge in [0.1, 0.15) is 0 Å². The maximum atomic E-state index is 14.7. The van der Waals surface area contributed by atoms with Gasteiger partial charge in [0.25, 0.3) is 17.7 Å². The Morgan fingerprint density at radius 3 is 1.61 bits per heavy atom. The van der Waals surface area contributed by atoms with Crippen LogP contribution in [0.15, 0.2) is 0 Å². The number of carbonyl (C=O) groups is 6. The highest BCUT2D eigenvalue weighted by atomic mass is 127. The molecule has 5 amide bonds. The van der Waals surface area contributed by atoms with Crippen molar-refractivity contribution in [1.82, 2.24) is 15.5 Å². The van der Waals surface area contributed by atoms with Gasteiger partial charge in [-0.2, -0.15) is 0 Å². The van der Waals surface area contributed by atoms with Gasteiger partial charge in [-0.15, -0.1) is 0 Å². The molecule has 0 aliphatic rings. The molecular formula is C33H40I6N6O14. The molecule has 328 valence electrons. The molecule has 0 aromatic heterocycles. The smallest absolute Gasteiger partial charge is 0.256 e. The summed E-state index contributed by atoms with van der Waals surface area (Å²) in [6, 6.07) is 0. The number of halogens is 6. The summed E-state index contributed by atoms with van der Waals surface area (Å²) in [4.78, 5) is 84.1. The number of rotatable bonds is 22. The number of amides is 5. The summed E-state index contributed by atoms with van der Waals surface area (Å²) in [6.07, 6.45) is -5.58. The molecule has 59 heavy (non-hydrogen) atoms. The quantitative estimate of drug-likeness (QED) is 0.0485. The minimum absolute atomic E-state index is 0.00815. The lowest BCUT2D eigenvalue weighted by Crippen LogP contribution is -2.46. The summed E-state index contributed by atoms with van der Waals surface area (Å²) in [5.41, 5.74) is 5.02. The van der Waals surface area contributed by atoms with Crippen LogP contribution in [-0.4, -0.2) is 171 Å². The first-order valence-corrected chi connectivity index (χ1v) is 23.3. The summed E-state index contributed by atoms with van der Waals surface area (Å²) < 4.78 is 0.454. The van der Waals surface area contributed by atoms with E-state index in [1.807, 2.05) is 22.6 Å². The van der Waals surface area contributed by atoms with E-state index in [0.717, 1.165) is 9.80 Å². The van der Waals surface area contributed by atoms with Gasteiger partial charge >= 0.3 is 0 Å². The summed E-state index contributed by atoms with van der Waals surface area (Å²) in [7, 11) is 0. The highest BCUT2D eigenvalue weighted by Gasteiger charge is 2.36.